The third-order valence-corrected chi connectivity index (χ3v) is 13.0. The van der Waals surface area contributed by atoms with E-state index >= 15 is 0 Å². The lowest BCUT2D eigenvalue weighted by Gasteiger charge is -2.21. The third kappa shape index (κ3) is 19.4. The van der Waals surface area contributed by atoms with E-state index in [2.05, 4.69) is 81.5 Å². The minimum Gasteiger partial charge on any atom is -0.490 e. The summed E-state index contributed by atoms with van der Waals surface area (Å²) in [6, 6.07) is 18.3. The van der Waals surface area contributed by atoms with Crippen LogP contribution < -0.4 is 43.3 Å². The fourth-order valence-electron chi connectivity index (χ4n) is 8.81. The molecular formula is C62H88N2O12. The lowest BCUT2D eigenvalue weighted by molar-refractivity contribution is -0.121. The van der Waals surface area contributed by atoms with Gasteiger partial charge in [-0.1, -0.05) is 98.8 Å². The maximum absolute atomic E-state index is 13.2. The molecule has 0 fully saturated rings. The lowest BCUT2D eigenvalue weighted by Crippen LogP contribution is -2.18. The number of benzene rings is 5. The Morgan fingerprint density at radius 2 is 0.737 bits per heavy atom. The number of rotatable bonds is 32. The molecule has 1 N–H and O–H groups in total. The molecule has 0 bridgehead atoms. The van der Waals surface area contributed by atoms with Crippen LogP contribution in [-0.2, 0) is 19.0 Å². The van der Waals surface area contributed by atoms with Crippen molar-refractivity contribution in [3.63, 3.8) is 0 Å². The first kappa shape index (κ1) is 59.5. The number of hydrogen-bond acceptors (Lipinski definition) is 13. The molecule has 6 rings (SSSR count). The van der Waals surface area contributed by atoms with Crippen molar-refractivity contribution in [3.05, 3.63) is 60.2 Å². The van der Waals surface area contributed by atoms with Crippen molar-refractivity contribution >= 4 is 44.4 Å². The van der Waals surface area contributed by atoms with Crippen LogP contribution in [0.4, 0.5) is 0 Å². The van der Waals surface area contributed by atoms with Gasteiger partial charge in [0.1, 0.15) is 13.2 Å². The molecule has 5 aromatic carbocycles. The van der Waals surface area contributed by atoms with Crippen molar-refractivity contribution in [3.8, 4) is 46.0 Å². The highest BCUT2D eigenvalue weighted by molar-refractivity contribution is 6.27. The molecule has 0 atom stereocenters. The van der Waals surface area contributed by atoms with Gasteiger partial charge in [0.2, 0.25) is 5.91 Å². The Kier molecular flexibility index (Phi) is 27.3. The van der Waals surface area contributed by atoms with Crippen LogP contribution in [0.25, 0.3) is 32.3 Å². The van der Waals surface area contributed by atoms with E-state index in [4.69, 9.17) is 52.1 Å². The van der Waals surface area contributed by atoms with Crippen molar-refractivity contribution in [2.24, 2.45) is 5.10 Å². The molecule has 0 aliphatic carbocycles. The summed E-state index contributed by atoms with van der Waals surface area (Å²) in [5.74, 6) is 5.09. The molecule has 14 heteroatoms. The molecule has 0 unspecified atom stereocenters. The number of ether oxygens (including phenoxy) is 11. The molecule has 14 nitrogen and oxygen atoms in total. The summed E-state index contributed by atoms with van der Waals surface area (Å²) >= 11 is 0. The van der Waals surface area contributed by atoms with E-state index in [0.29, 0.717) is 115 Å². The molecule has 1 aliphatic heterocycles. The van der Waals surface area contributed by atoms with E-state index in [1.54, 1.807) is 6.21 Å². The second-order valence-electron chi connectivity index (χ2n) is 19.3. The first-order valence-corrected chi connectivity index (χ1v) is 28.7. The summed E-state index contributed by atoms with van der Waals surface area (Å²) in [5, 5.41) is 10.3. The molecule has 1 amide bonds. The predicted octanol–water partition coefficient (Wildman–Crippen LogP) is 14.1. The Hall–Kier alpha value is -5.70. The Bertz CT molecular complexity index is 2470. The van der Waals surface area contributed by atoms with E-state index in [-0.39, 0.29) is 18.9 Å². The third-order valence-electron chi connectivity index (χ3n) is 13.0. The Morgan fingerprint density at radius 1 is 0.421 bits per heavy atom. The molecular weight excluding hydrogens is 965 g/mol. The van der Waals surface area contributed by atoms with Crippen LogP contribution in [0.5, 0.6) is 46.0 Å². The fourth-order valence-corrected chi connectivity index (χ4v) is 8.81. The lowest BCUT2D eigenvalue weighted by atomic mass is 9.93. The van der Waals surface area contributed by atoms with Crippen molar-refractivity contribution in [1.29, 1.82) is 0 Å². The zero-order chi connectivity index (χ0) is 53.4. The number of carbonyl (C=O) groups excluding carboxylic acids is 1. The van der Waals surface area contributed by atoms with Gasteiger partial charge in [0, 0.05) is 6.42 Å². The molecule has 76 heavy (non-hydrogen) atoms. The zero-order valence-electron chi connectivity index (χ0n) is 46.5. The van der Waals surface area contributed by atoms with Crippen molar-refractivity contribution < 1.29 is 56.9 Å². The molecule has 1 heterocycles. The summed E-state index contributed by atoms with van der Waals surface area (Å²) in [4.78, 5) is 13.2. The van der Waals surface area contributed by atoms with Gasteiger partial charge in [-0.05, 0) is 131 Å². The highest BCUT2D eigenvalue weighted by Gasteiger charge is 2.21. The molecule has 0 spiro atoms. The smallest absolute Gasteiger partial charge is 0.240 e. The molecule has 0 radical (unpaired) electrons. The van der Waals surface area contributed by atoms with E-state index in [1.165, 1.54) is 0 Å². The molecule has 1 aliphatic rings. The first-order valence-electron chi connectivity index (χ1n) is 28.7. The molecule has 0 aromatic heterocycles. The summed E-state index contributed by atoms with van der Waals surface area (Å²) in [6.45, 7) is 17.7. The summed E-state index contributed by atoms with van der Waals surface area (Å²) in [5.41, 5.74) is 3.41. The SMILES string of the molecule is CCCCCOc1cc2c3cc(OCCCCC)c(OCCCCC)cc3c3cc(OCCCC(=O)N/N=C/c4ccc5c(c4)OCCOCCOCCOCCO5)c(OCCCCC)cc3c2cc1OCCCCC. The van der Waals surface area contributed by atoms with E-state index in [1.807, 2.05) is 18.2 Å². The molecule has 0 saturated carbocycles. The van der Waals surface area contributed by atoms with Gasteiger partial charge in [0.05, 0.1) is 85.5 Å². The standard InChI is InChI=1S/C62H88N2O12/c1-6-11-16-25-69-56-40-48-49-41-57(70-26-17-12-7-2)59(72-28-19-14-9-4)43-51(49)53-45-61(60(73-29-20-15-10-5)44-52(53)50(48)42-58(56)71-27-18-13-8-3)74-30-21-22-62(65)64-63-46-47-23-24-54-55(39-47)76-38-36-68-34-32-66-31-33-67-35-37-75-54/h23-24,39-46H,6-22,25-38H2,1-5H3,(H,64,65)/b63-46+. The minimum absolute atomic E-state index is 0.197. The number of nitrogens with zero attached hydrogens (tertiary/aromatic N) is 1. The normalized spacial score (nSPS) is 13.6. The second kappa shape index (κ2) is 34.9. The van der Waals surface area contributed by atoms with Gasteiger partial charge < -0.3 is 52.1 Å². The van der Waals surface area contributed by atoms with Gasteiger partial charge in [-0.3, -0.25) is 4.79 Å². The van der Waals surface area contributed by atoms with Crippen molar-refractivity contribution in [2.75, 3.05) is 92.5 Å². The quantitative estimate of drug-likeness (QED) is 0.0189. The van der Waals surface area contributed by atoms with Crippen molar-refractivity contribution in [1.82, 2.24) is 5.43 Å². The maximum atomic E-state index is 13.2. The maximum Gasteiger partial charge on any atom is 0.240 e. The summed E-state index contributed by atoms with van der Waals surface area (Å²) < 4.78 is 68.3. The summed E-state index contributed by atoms with van der Waals surface area (Å²) in [7, 11) is 0. The number of amides is 1. The molecule has 5 aromatic rings. The molecule has 418 valence electrons. The number of fused-ring (bicyclic) bond motifs is 7. The Morgan fingerprint density at radius 3 is 1.08 bits per heavy atom. The van der Waals surface area contributed by atoms with E-state index in [9.17, 15) is 4.79 Å². The highest BCUT2D eigenvalue weighted by Crippen LogP contribution is 2.47. The van der Waals surface area contributed by atoms with Crippen LogP contribution in [0.1, 0.15) is 149 Å². The monoisotopic (exact) mass is 1050 g/mol. The van der Waals surface area contributed by atoms with E-state index < -0.39 is 0 Å². The van der Waals surface area contributed by atoms with E-state index in [0.717, 1.165) is 157 Å². The van der Waals surface area contributed by atoms with Gasteiger partial charge in [0.25, 0.3) is 0 Å². The van der Waals surface area contributed by atoms with Gasteiger partial charge in [0.15, 0.2) is 46.0 Å². The van der Waals surface area contributed by atoms with Crippen LogP contribution in [0.2, 0.25) is 0 Å². The van der Waals surface area contributed by atoms with Gasteiger partial charge in [-0.25, -0.2) is 5.43 Å². The molecule has 0 saturated heterocycles. The number of carbonyl (C=O) groups is 1. The first-order chi connectivity index (χ1) is 37.5. The average Bonchev–Trinajstić information content (AvgIpc) is 3.56. The fraction of sp³-hybridized carbons (Fsp3) is 0.581. The second-order valence-corrected chi connectivity index (χ2v) is 19.3. The zero-order valence-corrected chi connectivity index (χ0v) is 46.5. The number of nitrogens with one attached hydrogen (secondary N) is 1. The van der Waals surface area contributed by atoms with Crippen LogP contribution in [0.15, 0.2) is 59.7 Å². The van der Waals surface area contributed by atoms with Crippen LogP contribution in [0, 0.1) is 0 Å². The number of hydrogen-bond donors (Lipinski definition) is 1. The van der Waals surface area contributed by atoms with Gasteiger partial charge >= 0.3 is 0 Å². The Balaban J connectivity index is 1.29. The largest absolute Gasteiger partial charge is 0.490 e. The highest BCUT2D eigenvalue weighted by atomic mass is 16.6. The predicted molar refractivity (Wildman–Crippen MR) is 304 cm³/mol. The van der Waals surface area contributed by atoms with Gasteiger partial charge in [-0.2, -0.15) is 5.10 Å². The minimum atomic E-state index is -0.234. The number of unbranched alkanes of at least 4 members (excludes halogenated alkanes) is 10. The van der Waals surface area contributed by atoms with Crippen LogP contribution >= 0.6 is 0 Å². The topological polar surface area (TPSA) is 143 Å². The average molecular weight is 1050 g/mol. The van der Waals surface area contributed by atoms with Crippen molar-refractivity contribution in [2.45, 2.75) is 144 Å². The van der Waals surface area contributed by atoms with Crippen LogP contribution in [0.3, 0.4) is 0 Å². The Labute approximate surface area is 452 Å². The van der Waals surface area contributed by atoms with Gasteiger partial charge in [-0.15, -0.1) is 0 Å². The van der Waals surface area contributed by atoms with Crippen LogP contribution in [-0.4, -0.2) is 105 Å². The number of hydrazone groups is 1. The summed E-state index contributed by atoms with van der Waals surface area (Å²) in [6.07, 6.45) is 17.9.